The highest BCUT2D eigenvalue weighted by molar-refractivity contribution is 7.98. The molecule has 6 nitrogen and oxygen atoms in total. The van der Waals surface area contributed by atoms with E-state index in [4.69, 9.17) is 0 Å². The van der Waals surface area contributed by atoms with Gasteiger partial charge >= 0.3 is 5.97 Å². The van der Waals surface area contributed by atoms with E-state index in [9.17, 15) is 19.1 Å². The number of carboxylic acids is 1. The lowest BCUT2D eigenvalue weighted by molar-refractivity contribution is -0.139. The average Bonchev–Trinajstić information content (AvgIpc) is 3.21. The monoisotopic (exact) mass is 467 g/mol. The van der Waals surface area contributed by atoms with E-state index in [2.05, 4.69) is 10.3 Å². The molecule has 2 N–H and O–H groups in total. The topological polar surface area (TPSA) is 84.2 Å². The van der Waals surface area contributed by atoms with Crippen molar-refractivity contribution in [3.05, 3.63) is 89.3 Å². The van der Waals surface area contributed by atoms with Crippen LogP contribution in [-0.2, 0) is 11.3 Å². The fourth-order valence-corrected chi connectivity index (χ4v) is 3.80. The van der Waals surface area contributed by atoms with Gasteiger partial charge in [0.25, 0.3) is 5.91 Å². The second-order valence-electron chi connectivity index (χ2n) is 7.61. The molecule has 0 unspecified atom stereocenters. The zero-order valence-corrected chi connectivity index (χ0v) is 19.3. The van der Waals surface area contributed by atoms with Gasteiger partial charge in [0.2, 0.25) is 0 Å². The van der Waals surface area contributed by atoms with Crippen LogP contribution in [0, 0.1) is 12.7 Å². The molecule has 0 fully saturated rings. The Kier molecular flexibility index (Phi) is 8.43. The number of carboxylic acid groups (broad SMARTS) is 1. The van der Waals surface area contributed by atoms with Crippen LogP contribution in [0.25, 0.3) is 11.6 Å². The number of aromatic nitrogens is 2. The van der Waals surface area contributed by atoms with Gasteiger partial charge in [-0.05, 0) is 72.4 Å². The quantitative estimate of drug-likeness (QED) is 0.429. The van der Waals surface area contributed by atoms with E-state index in [1.54, 1.807) is 42.9 Å². The predicted molar refractivity (Wildman–Crippen MR) is 130 cm³/mol. The molecular formula is C25H26FN3O3S. The summed E-state index contributed by atoms with van der Waals surface area (Å²) in [5, 5.41) is 12.0. The highest BCUT2D eigenvalue weighted by Gasteiger charge is 2.20. The number of nitrogens with one attached hydrogen (secondary N) is 1. The van der Waals surface area contributed by atoms with E-state index >= 15 is 0 Å². The summed E-state index contributed by atoms with van der Waals surface area (Å²) >= 11 is 1.53. The number of thioether (sulfide) groups is 1. The van der Waals surface area contributed by atoms with Gasteiger partial charge in [0.05, 0.1) is 6.33 Å². The number of benzene rings is 2. The zero-order valence-electron chi connectivity index (χ0n) is 18.5. The third kappa shape index (κ3) is 6.79. The van der Waals surface area contributed by atoms with Crippen LogP contribution in [0.3, 0.4) is 0 Å². The van der Waals surface area contributed by atoms with Crippen molar-refractivity contribution in [1.29, 1.82) is 0 Å². The summed E-state index contributed by atoms with van der Waals surface area (Å²) in [6.07, 6.45) is 7.67. The number of halogens is 1. The fourth-order valence-electron chi connectivity index (χ4n) is 3.33. The SMILES string of the molecule is CSCC[C@H](NC(=O)c1cccc(C=C(Cn2cncc2C)c2ccc(F)cc2)c1)C(=O)O. The predicted octanol–water partition coefficient (Wildman–Crippen LogP) is 4.51. The lowest BCUT2D eigenvalue weighted by Crippen LogP contribution is -2.41. The molecule has 0 spiro atoms. The van der Waals surface area contributed by atoms with Crippen LogP contribution in [-0.4, -0.2) is 44.6 Å². The number of hydrogen-bond donors (Lipinski definition) is 2. The molecule has 0 bridgehead atoms. The Balaban J connectivity index is 1.89. The number of amides is 1. The Hall–Kier alpha value is -3.39. The Labute approximate surface area is 196 Å². The van der Waals surface area contributed by atoms with Crippen LogP contribution >= 0.6 is 11.8 Å². The van der Waals surface area contributed by atoms with Gasteiger partial charge in [-0.15, -0.1) is 0 Å². The largest absolute Gasteiger partial charge is 0.480 e. The molecule has 1 atom stereocenters. The first kappa shape index (κ1) is 24.3. The lowest BCUT2D eigenvalue weighted by Gasteiger charge is -2.14. The molecule has 3 aromatic rings. The van der Waals surface area contributed by atoms with Crippen molar-refractivity contribution in [3.8, 4) is 0 Å². The molecule has 0 aliphatic rings. The normalized spacial score (nSPS) is 12.4. The van der Waals surface area contributed by atoms with Crippen molar-refractivity contribution in [2.45, 2.75) is 25.9 Å². The standard InChI is InChI=1S/C25H26FN3O3S/c1-17-14-27-16-29(17)15-21(19-6-8-22(26)9-7-19)13-18-4-3-5-20(12-18)24(30)28-23(25(31)32)10-11-33-2/h3-9,12-14,16,23H,10-11,15H2,1-2H3,(H,28,30)(H,31,32)/t23-/m0/s1. The van der Waals surface area contributed by atoms with Gasteiger partial charge in [-0.1, -0.05) is 24.3 Å². The molecule has 0 aliphatic heterocycles. The number of carbonyl (C=O) groups is 2. The van der Waals surface area contributed by atoms with Crippen molar-refractivity contribution in [1.82, 2.24) is 14.9 Å². The van der Waals surface area contributed by atoms with E-state index in [1.807, 2.05) is 29.9 Å². The van der Waals surface area contributed by atoms with Crippen LogP contribution in [0.4, 0.5) is 4.39 Å². The first-order valence-corrected chi connectivity index (χ1v) is 11.8. The summed E-state index contributed by atoms with van der Waals surface area (Å²) in [6, 6.07) is 12.3. The number of aryl methyl sites for hydroxylation is 1. The summed E-state index contributed by atoms with van der Waals surface area (Å²) in [7, 11) is 0. The second kappa shape index (κ2) is 11.5. The fraction of sp³-hybridized carbons (Fsp3) is 0.240. The highest BCUT2D eigenvalue weighted by atomic mass is 32.2. The maximum atomic E-state index is 13.5. The molecule has 1 aromatic heterocycles. The van der Waals surface area contributed by atoms with Gasteiger partial charge in [-0.3, -0.25) is 4.79 Å². The number of allylic oxidation sites excluding steroid dienone is 1. The Morgan fingerprint density at radius 2 is 1.97 bits per heavy atom. The maximum Gasteiger partial charge on any atom is 0.326 e. The molecular weight excluding hydrogens is 441 g/mol. The first-order valence-electron chi connectivity index (χ1n) is 10.4. The van der Waals surface area contributed by atoms with Gasteiger partial charge in [-0.2, -0.15) is 11.8 Å². The molecule has 8 heteroatoms. The second-order valence-corrected chi connectivity index (χ2v) is 8.60. The highest BCUT2D eigenvalue weighted by Crippen LogP contribution is 2.22. The molecule has 0 saturated carbocycles. The smallest absolute Gasteiger partial charge is 0.326 e. The van der Waals surface area contributed by atoms with E-state index in [0.29, 0.717) is 24.3 Å². The van der Waals surface area contributed by atoms with Gasteiger partial charge in [-0.25, -0.2) is 14.2 Å². The first-order chi connectivity index (χ1) is 15.9. The van der Waals surface area contributed by atoms with Crippen LogP contribution in [0.2, 0.25) is 0 Å². The molecule has 0 saturated heterocycles. The van der Waals surface area contributed by atoms with Crippen molar-refractivity contribution in [2.75, 3.05) is 12.0 Å². The van der Waals surface area contributed by atoms with E-state index < -0.39 is 17.9 Å². The number of carbonyl (C=O) groups excluding carboxylic acids is 1. The van der Waals surface area contributed by atoms with Crippen molar-refractivity contribution >= 4 is 35.3 Å². The van der Waals surface area contributed by atoms with E-state index in [-0.39, 0.29) is 5.82 Å². The van der Waals surface area contributed by atoms with Gasteiger partial charge < -0.3 is 15.0 Å². The third-order valence-corrected chi connectivity index (χ3v) is 5.82. The third-order valence-electron chi connectivity index (χ3n) is 5.18. The summed E-state index contributed by atoms with van der Waals surface area (Å²) in [6.45, 7) is 2.47. The van der Waals surface area contributed by atoms with Gasteiger partial charge in [0.1, 0.15) is 11.9 Å². The van der Waals surface area contributed by atoms with Crippen molar-refractivity contribution in [2.24, 2.45) is 0 Å². The maximum absolute atomic E-state index is 13.5. The molecule has 1 heterocycles. The molecule has 0 aliphatic carbocycles. The van der Waals surface area contributed by atoms with E-state index in [1.165, 1.54) is 23.9 Å². The number of nitrogens with zero attached hydrogens (tertiary/aromatic N) is 2. The van der Waals surface area contributed by atoms with Gasteiger partial charge in [0, 0.05) is 24.0 Å². The zero-order chi connectivity index (χ0) is 23.8. The Bertz CT molecular complexity index is 1140. The summed E-state index contributed by atoms with van der Waals surface area (Å²) in [5.74, 6) is -1.17. The summed E-state index contributed by atoms with van der Waals surface area (Å²) in [4.78, 5) is 28.4. The minimum absolute atomic E-state index is 0.315. The number of rotatable bonds is 10. The molecule has 33 heavy (non-hydrogen) atoms. The van der Waals surface area contributed by atoms with Crippen molar-refractivity contribution < 1.29 is 19.1 Å². The van der Waals surface area contributed by atoms with Crippen LogP contribution in [0.5, 0.6) is 0 Å². The minimum atomic E-state index is -1.05. The number of imidazole rings is 1. The van der Waals surface area contributed by atoms with Crippen LogP contribution in [0.1, 0.15) is 33.6 Å². The molecule has 0 radical (unpaired) electrons. The van der Waals surface area contributed by atoms with E-state index in [0.717, 1.165) is 22.4 Å². The summed E-state index contributed by atoms with van der Waals surface area (Å²) < 4.78 is 15.5. The molecule has 3 rings (SSSR count). The number of hydrogen-bond acceptors (Lipinski definition) is 4. The van der Waals surface area contributed by atoms with Crippen LogP contribution in [0.15, 0.2) is 61.1 Å². The Morgan fingerprint density at radius 1 is 1.21 bits per heavy atom. The minimum Gasteiger partial charge on any atom is -0.480 e. The summed E-state index contributed by atoms with van der Waals surface area (Å²) in [5.41, 5.74) is 3.90. The van der Waals surface area contributed by atoms with Gasteiger partial charge in [0.15, 0.2) is 0 Å². The van der Waals surface area contributed by atoms with Crippen LogP contribution < -0.4 is 5.32 Å². The average molecular weight is 468 g/mol. The number of aliphatic carboxylic acids is 1. The lowest BCUT2D eigenvalue weighted by atomic mass is 10.0. The van der Waals surface area contributed by atoms with Crippen molar-refractivity contribution in [3.63, 3.8) is 0 Å². The molecule has 172 valence electrons. The molecule has 2 aromatic carbocycles. The Morgan fingerprint density at radius 3 is 2.61 bits per heavy atom. The molecule has 1 amide bonds.